The molecule has 1 atom stereocenters. The Bertz CT molecular complexity index is 233. The van der Waals surface area contributed by atoms with E-state index in [1.807, 2.05) is 0 Å². The predicted octanol–water partition coefficient (Wildman–Crippen LogP) is 1.31. The van der Waals surface area contributed by atoms with Gasteiger partial charge in [-0.05, 0) is 31.1 Å². The third-order valence-corrected chi connectivity index (χ3v) is 4.24. The first-order valence-electron chi connectivity index (χ1n) is 5.51. The summed E-state index contributed by atoms with van der Waals surface area (Å²) in [4.78, 5) is 11.8. The Hall–Kier alpha value is -0.570. The Morgan fingerprint density at radius 1 is 1.43 bits per heavy atom. The van der Waals surface area contributed by atoms with E-state index >= 15 is 0 Å². The minimum atomic E-state index is -0.337. The largest absolute Gasteiger partial charge is 0.469 e. The van der Waals surface area contributed by atoms with Gasteiger partial charge in [-0.15, -0.1) is 0 Å². The van der Waals surface area contributed by atoms with Gasteiger partial charge >= 0.3 is 5.97 Å². The second-order valence-electron chi connectivity index (χ2n) is 4.77. The highest BCUT2D eigenvalue weighted by molar-refractivity contribution is 5.77. The number of nitrogens with two attached hydrogens (primary N) is 1. The molecule has 80 valence electrons. The van der Waals surface area contributed by atoms with E-state index < -0.39 is 0 Å². The number of hydrogen-bond acceptors (Lipinski definition) is 3. The summed E-state index contributed by atoms with van der Waals surface area (Å²) in [6.45, 7) is 0.459. The number of ether oxygens (including phenoxy) is 1. The van der Waals surface area contributed by atoms with E-state index in [9.17, 15) is 4.79 Å². The third kappa shape index (κ3) is 1.26. The molecule has 2 bridgehead atoms. The van der Waals surface area contributed by atoms with Crippen molar-refractivity contribution in [3.8, 4) is 0 Å². The maximum atomic E-state index is 11.8. The molecule has 3 nitrogen and oxygen atoms in total. The Morgan fingerprint density at radius 2 is 2.07 bits per heavy atom. The third-order valence-electron chi connectivity index (χ3n) is 4.24. The van der Waals surface area contributed by atoms with Crippen LogP contribution in [0.25, 0.3) is 0 Å². The summed E-state index contributed by atoms with van der Waals surface area (Å²) in [7, 11) is 1.47. The summed E-state index contributed by atoms with van der Waals surface area (Å²) in [6.07, 6.45) is 5.85. The number of hydrogen-bond donors (Lipinski definition) is 1. The molecule has 14 heavy (non-hydrogen) atoms. The first kappa shape index (κ1) is 9.97. The number of esters is 1. The molecule has 3 aliphatic rings. The van der Waals surface area contributed by atoms with E-state index in [-0.39, 0.29) is 11.4 Å². The van der Waals surface area contributed by atoms with Crippen molar-refractivity contribution in [3.05, 3.63) is 0 Å². The van der Waals surface area contributed by atoms with Crippen LogP contribution in [0.1, 0.15) is 32.1 Å². The lowest BCUT2D eigenvalue weighted by Crippen LogP contribution is -2.52. The van der Waals surface area contributed by atoms with E-state index in [2.05, 4.69) is 0 Å². The van der Waals surface area contributed by atoms with Gasteiger partial charge in [0.25, 0.3) is 0 Å². The molecule has 0 heterocycles. The van der Waals surface area contributed by atoms with Gasteiger partial charge in [-0.25, -0.2) is 0 Å². The molecule has 3 aliphatic carbocycles. The van der Waals surface area contributed by atoms with Gasteiger partial charge in [0.05, 0.1) is 12.5 Å². The Labute approximate surface area is 85.0 Å². The van der Waals surface area contributed by atoms with Crippen molar-refractivity contribution in [2.75, 3.05) is 13.7 Å². The molecular formula is C11H19NO2. The topological polar surface area (TPSA) is 52.3 Å². The van der Waals surface area contributed by atoms with Gasteiger partial charge < -0.3 is 10.5 Å². The van der Waals surface area contributed by atoms with Crippen LogP contribution in [-0.2, 0) is 9.53 Å². The lowest BCUT2D eigenvalue weighted by atomic mass is 9.56. The molecule has 0 aromatic carbocycles. The molecule has 3 heteroatoms. The molecule has 1 unspecified atom stereocenters. The average Bonchev–Trinajstić information content (AvgIpc) is 2.29. The minimum absolute atomic E-state index is 0.0746. The summed E-state index contributed by atoms with van der Waals surface area (Å²) < 4.78 is 4.92. The molecule has 0 aliphatic heterocycles. The molecule has 0 spiro atoms. The van der Waals surface area contributed by atoms with Crippen LogP contribution in [0.4, 0.5) is 0 Å². The zero-order valence-corrected chi connectivity index (χ0v) is 8.79. The highest BCUT2D eigenvalue weighted by atomic mass is 16.5. The van der Waals surface area contributed by atoms with Crippen LogP contribution in [0, 0.1) is 17.3 Å². The van der Waals surface area contributed by atoms with Crippen molar-refractivity contribution < 1.29 is 9.53 Å². The van der Waals surface area contributed by atoms with Crippen molar-refractivity contribution in [1.29, 1.82) is 0 Å². The fourth-order valence-electron chi connectivity index (χ4n) is 3.39. The van der Waals surface area contributed by atoms with Gasteiger partial charge in [-0.2, -0.15) is 0 Å². The zero-order valence-electron chi connectivity index (χ0n) is 8.79. The van der Waals surface area contributed by atoms with Crippen molar-refractivity contribution in [2.45, 2.75) is 32.1 Å². The Balaban J connectivity index is 2.23. The van der Waals surface area contributed by atoms with Gasteiger partial charge in [-0.1, -0.05) is 12.8 Å². The number of rotatable bonds is 2. The molecule has 3 rings (SSSR count). The Morgan fingerprint density at radius 3 is 2.43 bits per heavy atom. The molecule has 0 radical (unpaired) electrons. The van der Waals surface area contributed by atoms with Crippen LogP contribution in [0.5, 0.6) is 0 Å². The average molecular weight is 197 g/mol. The first-order chi connectivity index (χ1) is 6.73. The van der Waals surface area contributed by atoms with Gasteiger partial charge in [0, 0.05) is 6.54 Å². The summed E-state index contributed by atoms with van der Waals surface area (Å²) in [6, 6.07) is 0. The predicted molar refractivity (Wildman–Crippen MR) is 53.6 cm³/mol. The van der Waals surface area contributed by atoms with Crippen LogP contribution in [0.15, 0.2) is 0 Å². The van der Waals surface area contributed by atoms with Crippen molar-refractivity contribution in [2.24, 2.45) is 23.0 Å². The standard InChI is InChI=1S/C11H19NO2/c1-14-10(13)11(7-12)6-8-2-4-9(11)5-3-8/h8-9H,2-7,12H2,1H3. The van der Waals surface area contributed by atoms with Gasteiger partial charge in [-0.3, -0.25) is 4.79 Å². The van der Waals surface area contributed by atoms with Gasteiger partial charge in [0.15, 0.2) is 0 Å². The van der Waals surface area contributed by atoms with Crippen molar-refractivity contribution in [1.82, 2.24) is 0 Å². The van der Waals surface area contributed by atoms with Crippen LogP contribution in [-0.4, -0.2) is 19.6 Å². The zero-order chi connectivity index (χ0) is 10.2. The molecule has 0 saturated heterocycles. The fourth-order valence-corrected chi connectivity index (χ4v) is 3.39. The summed E-state index contributed by atoms with van der Waals surface area (Å²) in [5.41, 5.74) is 5.46. The normalized spacial score (nSPS) is 41.0. The Kier molecular flexibility index (Phi) is 2.52. The van der Waals surface area contributed by atoms with Crippen LogP contribution >= 0.6 is 0 Å². The molecule has 3 saturated carbocycles. The molecule has 2 N–H and O–H groups in total. The summed E-state index contributed by atoms with van der Waals surface area (Å²) >= 11 is 0. The highest BCUT2D eigenvalue weighted by Crippen LogP contribution is 2.52. The molecule has 3 fully saturated rings. The fraction of sp³-hybridized carbons (Fsp3) is 0.909. The smallest absolute Gasteiger partial charge is 0.313 e. The van der Waals surface area contributed by atoms with E-state index in [1.54, 1.807) is 0 Å². The van der Waals surface area contributed by atoms with E-state index in [1.165, 1.54) is 20.0 Å². The minimum Gasteiger partial charge on any atom is -0.469 e. The van der Waals surface area contributed by atoms with Crippen molar-refractivity contribution >= 4 is 5.97 Å². The molecule has 0 amide bonds. The monoisotopic (exact) mass is 197 g/mol. The lowest BCUT2D eigenvalue weighted by Gasteiger charge is -2.49. The molecule has 0 aromatic heterocycles. The molecular weight excluding hydrogens is 178 g/mol. The maximum absolute atomic E-state index is 11.8. The lowest BCUT2D eigenvalue weighted by molar-refractivity contribution is -0.163. The second-order valence-corrected chi connectivity index (χ2v) is 4.77. The van der Waals surface area contributed by atoms with Crippen molar-refractivity contribution in [3.63, 3.8) is 0 Å². The number of carbonyl (C=O) groups is 1. The first-order valence-corrected chi connectivity index (χ1v) is 5.51. The second kappa shape index (κ2) is 3.54. The highest BCUT2D eigenvalue weighted by Gasteiger charge is 2.52. The number of carbonyl (C=O) groups excluding carboxylic acids is 1. The van der Waals surface area contributed by atoms with Crippen LogP contribution in [0.3, 0.4) is 0 Å². The SMILES string of the molecule is COC(=O)C1(CN)CC2CCC1CC2. The van der Waals surface area contributed by atoms with E-state index in [0.29, 0.717) is 18.4 Å². The molecule has 0 aromatic rings. The number of fused-ring (bicyclic) bond motifs is 3. The quantitative estimate of drug-likeness (QED) is 0.679. The maximum Gasteiger partial charge on any atom is 0.313 e. The number of methoxy groups -OCH3 is 1. The van der Waals surface area contributed by atoms with Gasteiger partial charge in [0.2, 0.25) is 0 Å². The van der Waals surface area contributed by atoms with Crippen LogP contribution in [0.2, 0.25) is 0 Å². The summed E-state index contributed by atoms with van der Waals surface area (Å²) in [5, 5.41) is 0. The van der Waals surface area contributed by atoms with E-state index in [0.717, 1.165) is 19.3 Å². The summed E-state index contributed by atoms with van der Waals surface area (Å²) in [5.74, 6) is 1.11. The van der Waals surface area contributed by atoms with E-state index in [4.69, 9.17) is 10.5 Å². The van der Waals surface area contributed by atoms with Gasteiger partial charge in [0.1, 0.15) is 0 Å². The van der Waals surface area contributed by atoms with Crippen LogP contribution < -0.4 is 5.73 Å².